The van der Waals surface area contributed by atoms with Gasteiger partial charge in [0, 0.05) is 6.54 Å². The number of rotatable bonds is 6. The van der Waals surface area contributed by atoms with Gasteiger partial charge in [-0.3, -0.25) is 4.79 Å². The van der Waals surface area contributed by atoms with Gasteiger partial charge in [-0.2, -0.15) is 13.2 Å². The molecule has 0 aliphatic heterocycles. The molecule has 0 bridgehead atoms. The van der Waals surface area contributed by atoms with Crippen molar-refractivity contribution in [1.29, 1.82) is 0 Å². The lowest BCUT2D eigenvalue weighted by Crippen LogP contribution is -2.61. The van der Waals surface area contributed by atoms with Crippen molar-refractivity contribution in [2.45, 2.75) is 51.2 Å². The van der Waals surface area contributed by atoms with Crippen LogP contribution >= 0.6 is 0 Å². The lowest BCUT2D eigenvalue weighted by molar-refractivity contribution is -0.187. The van der Waals surface area contributed by atoms with E-state index in [0.29, 0.717) is 13.3 Å². The average molecular weight is 240 g/mol. The first-order valence-electron chi connectivity index (χ1n) is 5.37. The molecule has 6 heteroatoms. The topological polar surface area (TPSA) is 55.1 Å². The van der Waals surface area contributed by atoms with Gasteiger partial charge in [0.1, 0.15) is 0 Å². The third-order valence-electron chi connectivity index (χ3n) is 2.38. The number of unbranched alkanes of at least 4 members (excludes halogenated alkanes) is 3. The first-order valence-corrected chi connectivity index (χ1v) is 5.37. The zero-order valence-corrected chi connectivity index (χ0v) is 9.66. The molecule has 1 amide bonds. The van der Waals surface area contributed by atoms with Crippen molar-refractivity contribution in [3.63, 3.8) is 0 Å². The molecule has 3 nitrogen and oxygen atoms in total. The smallest absolute Gasteiger partial charge is 0.354 e. The molecule has 0 saturated heterocycles. The molecule has 1 unspecified atom stereocenters. The summed E-state index contributed by atoms with van der Waals surface area (Å²) in [5.74, 6) is -1.17. The number of hydrogen-bond acceptors (Lipinski definition) is 2. The van der Waals surface area contributed by atoms with E-state index in [4.69, 9.17) is 5.73 Å². The Morgan fingerprint density at radius 3 is 2.25 bits per heavy atom. The van der Waals surface area contributed by atoms with Crippen LogP contribution in [0.25, 0.3) is 0 Å². The fourth-order valence-electron chi connectivity index (χ4n) is 1.07. The first-order chi connectivity index (χ1) is 7.23. The number of hydrogen-bond donors (Lipinski definition) is 2. The van der Waals surface area contributed by atoms with Gasteiger partial charge in [0.25, 0.3) is 0 Å². The van der Waals surface area contributed by atoms with E-state index in [1.807, 2.05) is 6.92 Å². The largest absolute Gasteiger partial charge is 0.415 e. The Bertz CT molecular complexity index is 227. The van der Waals surface area contributed by atoms with Gasteiger partial charge in [-0.25, -0.2) is 0 Å². The van der Waals surface area contributed by atoms with E-state index in [0.717, 1.165) is 19.3 Å². The van der Waals surface area contributed by atoms with Gasteiger partial charge >= 0.3 is 6.18 Å². The van der Waals surface area contributed by atoms with E-state index >= 15 is 0 Å². The van der Waals surface area contributed by atoms with Gasteiger partial charge in [-0.1, -0.05) is 26.2 Å². The molecule has 0 rings (SSSR count). The molecule has 3 N–H and O–H groups in total. The fourth-order valence-corrected chi connectivity index (χ4v) is 1.07. The summed E-state index contributed by atoms with van der Waals surface area (Å²) in [5.41, 5.74) is 2.13. The van der Waals surface area contributed by atoms with Gasteiger partial charge in [-0.05, 0) is 13.3 Å². The Kier molecular flexibility index (Phi) is 5.78. The number of nitrogens with one attached hydrogen (secondary N) is 1. The van der Waals surface area contributed by atoms with Gasteiger partial charge in [0.15, 0.2) is 5.54 Å². The van der Waals surface area contributed by atoms with E-state index in [-0.39, 0.29) is 6.54 Å². The number of carbonyl (C=O) groups excluding carboxylic acids is 1. The summed E-state index contributed by atoms with van der Waals surface area (Å²) in [4.78, 5) is 11.2. The minimum Gasteiger partial charge on any atom is -0.354 e. The summed E-state index contributed by atoms with van der Waals surface area (Å²) >= 11 is 0. The molecule has 0 spiro atoms. The number of halogens is 3. The lowest BCUT2D eigenvalue weighted by Gasteiger charge is -2.26. The summed E-state index contributed by atoms with van der Waals surface area (Å²) in [6.07, 6.45) is -1.11. The second-order valence-corrected chi connectivity index (χ2v) is 4.02. The highest BCUT2D eigenvalue weighted by molar-refractivity contribution is 5.86. The number of alkyl halides is 3. The summed E-state index contributed by atoms with van der Waals surface area (Å²) in [6.45, 7) is 2.94. The maximum Gasteiger partial charge on any atom is 0.415 e. The Balaban J connectivity index is 3.98. The van der Waals surface area contributed by atoms with Gasteiger partial charge < -0.3 is 11.1 Å². The minimum atomic E-state index is -4.72. The molecule has 96 valence electrons. The second kappa shape index (κ2) is 6.08. The SMILES string of the molecule is CCCCCCNC(=O)C(C)(N)C(F)(F)F. The van der Waals surface area contributed by atoms with Crippen LogP contribution < -0.4 is 11.1 Å². The first kappa shape index (κ1) is 15.2. The predicted octanol–water partition coefficient (Wildman–Crippen LogP) is 1.96. The number of carbonyl (C=O) groups is 1. The molecule has 0 aromatic carbocycles. The van der Waals surface area contributed by atoms with Crippen LogP contribution in [-0.4, -0.2) is 24.2 Å². The molecule has 0 saturated carbocycles. The third kappa shape index (κ3) is 4.38. The zero-order chi connectivity index (χ0) is 12.8. The van der Waals surface area contributed by atoms with Crippen LogP contribution in [0, 0.1) is 0 Å². The predicted molar refractivity (Wildman–Crippen MR) is 55.8 cm³/mol. The maximum atomic E-state index is 12.3. The monoisotopic (exact) mass is 240 g/mol. The molecule has 0 radical (unpaired) electrons. The van der Waals surface area contributed by atoms with Crippen molar-refractivity contribution in [3.8, 4) is 0 Å². The Morgan fingerprint density at radius 2 is 1.81 bits per heavy atom. The molecule has 0 heterocycles. The number of amides is 1. The average Bonchev–Trinajstić information content (AvgIpc) is 2.15. The molecule has 16 heavy (non-hydrogen) atoms. The van der Waals surface area contributed by atoms with Crippen LogP contribution in [0.5, 0.6) is 0 Å². The highest BCUT2D eigenvalue weighted by Gasteiger charge is 2.53. The van der Waals surface area contributed by atoms with Crippen molar-refractivity contribution < 1.29 is 18.0 Å². The summed E-state index contributed by atoms with van der Waals surface area (Å²) in [6, 6.07) is 0. The minimum absolute atomic E-state index is 0.238. The Hall–Kier alpha value is -0.780. The standard InChI is InChI=1S/C10H19F3N2O/c1-3-4-5-6-7-15-8(16)9(2,14)10(11,12)13/h3-7,14H2,1-2H3,(H,15,16). The van der Waals surface area contributed by atoms with Crippen LogP contribution in [0.3, 0.4) is 0 Å². The van der Waals surface area contributed by atoms with Crippen molar-refractivity contribution in [2.24, 2.45) is 5.73 Å². The molecule has 0 aromatic heterocycles. The second-order valence-electron chi connectivity index (χ2n) is 4.02. The highest BCUT2D eigenvalue weighted by Crippen LogP contribution is 2.27. The Labute approximate surface area is 93.6 Å². The lowest BCUT2D eigenvalue weighted by atomic mass is 10.0. The Morgan fingerprint density at radius 1 is 1.25 bits per heavy atom. The van der Waals surface area contributed by atoms with Gasteiger partial charge in [0.05, 0.1) is 0 Å². The maximum absolute atomic E-state index is 12.3. The van der Waals surface area contributed by atoms with E-state index in [1.165, 1.54) is 0 Å². The molecular formula is C10H19F3N2O. The third-order valence-corrected chi connectivity index (χ3v) is 2.38. The highest BCUT2D eigenvalue weighted by atomic mass is 19.4. The van der Waals surface area contributed by atoms with E-state index in [2.05, 4.69) is 5.32 Å². The molecule has 0 fully saturated rings. The zero-order valence-electron chi connectivity index (χ0n) is 9.66. The normalized spacial score (nSPS) is 15.6. The van der Waals surface area contributed by atoms with Crippen molar-refractivity contribution in [3.05, 3.63) is 0 Å². The quantitative estimate of drug-likeness (QED) is 0.697. The molecule has 1 atom stereocenters. The molecule has 0 aromatic rings. The summed E-state index contributed by atoms with van der Waals surface area (Å²) in [5, 5.41) is 2.20. The van der Waals surface area contributed by atoms with E-state index in [9.17, 15) is 18.0 Å². The van der Waals surface area contributed by atoms with Crippen LogP contribution in [0.2, 0.25) is 0 Å². The molecule has 0 aliphatic carbocycles. The van der Waals surface area contributed by atoms with Crippen LogP contribution in [-0.2, 0) is 4.79 Å². The van der Waals surface area contributed by atoms with Crippen LogP contribution in [0.1, 0.15) is 39.5 Å². The molecule has 0 aliphatic rings. The molecular weight excluding hydrogens is 221 g/mol. The van der Waals surface area contributed by atoms with Crippen molar-refractivity contribution in [1.82, 2.24) is 5.32 Å². The number of nitrogens with two attached hydrogens (primary N) is 1. The summed E-state index contributed by atoms with van der Waals surface area (Å²) < 4.78 is 37.0. The van der Waals surface area contributed by atoms with Crippen molar-refractivity contribution >= 4 is 5.91 Å². The fraction of sp³-hybridized carbons (Fsp3) is 0.900. The summed E-state index contributed by atoms with van der Waals surface area (Å²) in [7, 11) is 0. The van der Waals surface area contributed by atoms with Crippen molar-refractivity contribution in [2.75, 3.05) is 6.54 Å². The van der Waals surface area contributed by atoms with E-state index < -0.39 is 17.6 Å². The van der Waals surface area contributed by atoms with Gasteiger partial charge in [-0.15, -0.1) is 0 Å². The van der Waals surface area contributed by atoms with E-state index in [1.54, 1.807) is 0 Å². The van der Waals surface area contributed by atoms with Crippen LogP contribution in [0.4, 0.5) is 13.2 Å². The van der Waals surface area contributed by atoms with Gasteiger partial charge in [0.2, 0.25) is 5.91 Å². The van der Waals surface area contributed by atoms with Crippen LogP contribution in [0.15, 0.2) is 0 Å².